The lowest BCUT2D eigenvalue weighted by molar-refractivity contribution is -0.142. The van der Waals surface area contributed by atoms with Crippen LogP contribution in [0.5, 0.6) is 5.75 Å². The lowest BCUT2D eigenvalue weighted by Crippen LogP contribution is -2.49. The van der Waals surface area contributed by atoms with Crippen LogP contribution >= 0.6 is 39.1 Å². The van der Waals surface area contributed by atoms with Crippen molar-refractivity contribution in [3.05, 3.63) is 62.5 Å². The van der Waals surface area contributed by atoms with Crippen molar-refractivity contribution in [1.82, 2.24) is 10.2 Å². The van der Waals surface area contributed by atoms with E-state index in [0.717, 1.165) is 18.4 Å². The average Bonchev–Trinajstić information content (AvgIpc) is 2.72. The topological polar surface area (TPSA) is 58.6 Å². The summed E-state index contributed by atoms with van der Waals surface area (Å²) in [4.78, 5) is 27.1. The monoisotopic (exact) mass is 514 g/mol. The average molecular weight is 516 g/mol. The van der Waals surface area contributed by atoms with E-state index in [2.05, 4.69) is 28.2 Å². The summed E-state index contributed by atoms with van der Waals surface area (Å²) in [6.45, 7) is 4.41. The van der Waals surface area contributed by atoms with Crippen LogP contribution in [0.2, 0.25) is 10.0 Å². The van der Waals surface area contributed by atoms with Gasteiger partial charge in [-0.25, -0.2) is 0 Å². The standard InChI is InChI=1S/C22H25BrCl2N2O3/c1-3-4-11-26-22(29)15(2)27(13-16-5-7-17(24)8-6-16)21(28)14-30-20-10-9-18(25)12-19(20)23/h5-10,12,15H,3-4,11,13-14H2,1-2H3,(H,26,29). The van der Waals surface area contributed by atoms with Gasteiger partial charge in [0, 0.05) is 23.1 Å². The van der Waals surface area contributed by atoms with E-state index >= 15 is 0 Å². The molecule has 0 aliphatic heterocycles. The van der Waals surface area contributed by atoms with Gasteiger partial charge in [-0.15, -0.1) is 0 Å². The van der Waals surface area contributed by atoms with Crippen LogP contribution in [0.1, 0.15) is 32.3 Å². The molecule has 1 atom stereocenters. The van der Waals surface area contributed by atoms with Gasteiger partial charge in [0.2, 0.25) is 5.91 Å². The van der Waals surface area contributed by atoms with Crippen molar-refractivity contribution in [3.63, 3.8) is 0 Å². The molecule has 30 heavy (non-hydrogen) atoms. The van der Waals surface area contributed by atoms with Gasteiger partial charge in [-0.3, -0.25) is 9.59 Å². The molecule has 1 N–H and O–H groups in total. The Balaban J connectivity index is 2.12. The number of halogens is 3. The number of unbranched alkanes of at least 4 members (excludes halogenated alkanes) is 1. The molecule has 2 amide bonds. The Bertz CT molecular complexity index is 862. The molecule has 5 nitrogen and oxygen atoms in total. The van der Waals surface area contributed by atoms with Gasteiger partial charge in [0.15, 0.2) is 6.61 Å². The summed E-state index contributed by atoms with van der Waals surface area (Å²) < 4.78 is 6.32. The molecule has 1 unspecified atom stereocenters. The Kier molecular flexibility index (Phi) is 9.95. The van der Waals surface area contributed by atoms with Gasteiger partial charge in [0.05, 0.1) is 4.47 Å². The van der Waals surface area contributed by atoms with Crippen LogP contribution in [-0.2, 0) is 16.1 Å². The van der Waals surface area contributed by atoms with Crippen molar-refractivity contribution < 1.29 is 14.3 Å². The summed E-state index contributed by atoms with van der Waals surface area (Å²) in [5.41, 5.74) is 0.869. The van der Waals surface area contributed by atoms with Crippen molar-refractivity contribution in [2.24, 2.45) is 0 Å². The first-order valence-corrected chi connectivity index (χ1v) is 11.3. The van der Waals surface area contributed by atoms with Crippen LogP contribution in [0.4, 0.5) is 0 Å². The van der Waals surface area contributed by atoms with Crippen LogP contribution in [0, 0.1) is 0 Å². The highest BCUT2D eigenvalue weighted by Gasteiger charge is 2.26. The second-order valence-corrected chi connectivity index (χ2v) is 8.56. The number of rotatable bonds is 10. The van der Waals surface area contributed by atoms with E-state index in [9.17, 15) is 9.59 Å². The minimum Gasteiger partial charge on any atom is -0.483 e. The predicted molar refractivity (Wildman–Crippen MR) is 124 cm³/mol. The first kappa shape index (κ1) is 24.5. The summed E-state index contributed by atoms with van der Waals surface area (Å²) in [5.74, 6) is 0.00243. The smallest absolute Gasteiger partial charge is 0.261 e. The molecule has 0 aliphatic carbocycles. The molecule has 2 aromatic carbocycles. The fourth-order valence-corrected chi connectivity index (χ4v) is 3.64. The normalized spacial score (nSPS) is 11.6. The second-order valence-electron chi connectivity index (χ2n) is 6.83. The number of benzene rings is 2. The van der Waals surface area contributed by atoms with Crippen LogP contribution in [0.15, 0.2) is 46.9 Å². The molecule has 0 bridgehead atoms. The Morgan fingerprint density at radius 2 is 1.80 bits per heavy atom. The van der Waals surface area contributed by atoms with Crippen molar-refractivity contribution in [2.75, 3.05) is 13.2 Å². The molecule has 0 aliphatic rings. The van der Waals surface area contributed by atoms with E-state index in [0.29, 0.717) is 26.8 Å². The first-order chi connectivity index (χ1) is 14.3. The third-order valence-electron chi connectivity index (χ3n) is 4.51. The third kappa shape index (κ3) is 7.49. The third-order valence-corrected chi connectivity index (χ3v) is 5.61. The Morgan fingerprint density at radius 3 is 2.43 bits per heavy atom. The van der Waals surface area contributed by atoms with Gasteiger partial charge < -0.3 is 15.0 Å². The lowest BCUT2D eigenvalue weighted by Gasteiger charge is -2.29. The molecule has 0 fully saturated rings. The maximum absolute atomic E-state index is 13.0. The number of carbonyl (C=O) groups excluding carboxylic acids is 2. The summed E-state index contributed by atoms with van der Waals surface area (Å²) in [7, 11) is 0. The van der Waals surface area contributed by atoms with Crippen LogP contribution in [0.3, 0.4) is 0 Å². The molecule has 2 aromatic rings. The van der Waals surface area contributed by atoms with Crippen LogP contribution in [0.25, 0.3) is 0 Å². The molecule has 0 saturated heterocycles. The molecular weight excluding hydrogens is 491 g/mol. The summed E-state index contributed by atoms with van der Waals surface area (Å²) in [6.07, 6.45) is 1.86. The van der Waals surface area contributed by atoms with E-state index < -0.39 is 6.04 Å². The van der Waals surface area contributed by atoms with Gasteiger partial charge in [-0.2, -0.15) is 0 Å². The minimum atomic E-state index is -0.651. The zero-order valence-electron chi connectivity index (χ0n) is 17.0. The molecule has 2 rings (SSSR count). The molecule has 162 valence electrons. The fraction of sp³-hybridized carbons (Fsp3) is 0.364. The van der Waals surface area contributed by atoms with Crippen LogP contribution in [-0.4, -0.2) is 35.9 Å². The Hall–Kier alpha value is -1.76. The number of nitrogens with one attached hydrogen (secondary N) is 1. The summed E-state index contributed by atoms with van der Waals surface area (Å²) in [5, 5.41) is 4.05. The van der Waals surface area contributed by atoms with Gasteiger partial charge in [-0.1, -0.05) is 48.7 Å². The number of amides is 2. The largest absolute Gasteiger partial charge is 0.483 e. The zero-order chi connectivity index (χ0) is 22.1. The number of nitrogens with zero attached hydrogens (tertiary/aromatic N) is 1. The van der Waals surface area contributed by atoms with Crippen molar-refractivity contribution >= 4 is 50.9 Å². The molecule has 0 heterocycles. The van der Waals surface area contributed by atoms with Gasteiger partial charge in [0.25, 0.3) is 5.91 Å². The number of ether oxygens (including phenoxy) is 1. The molecule has 0 saturated carbocycles. The van der Waals surface area contributed by atoms with E-state index in [1.807, 2.05) is 12.1 Å². The highest BCUT2D eigenvalue weighted by Crippen LogP contribution is 2.28. The number of hydrogen-bond acceptors (Lipinski definition) is 3. The van der Waals surface area contributed by atoms with E-state index in [1.54, 1.807) is 37.3 Å². The molecular formula is C22H25BrCl2N2O3. The highest BCUT2D eigenvalue weighted by molar-refractivity contribution is 9.10. The SMILES string of the molecule is CCCCNC(=O)C(C)N(Cc1ccc(Cl)cc1)C(=O)COc1ccc(Cl)cc1Br. The van der Waals surface area contributed by atoms with Gasteiger partial charge in [-0.05, 0) is 65.2 Å². The first-order valence-electron chi connectivity index (χ1n) is 9.71. The minimum absolute atomic E-state index is 0.196. The Labute approximate surface area is 195 Å². The summed E-state index contributed by atoms with van der Waals surface area (Å²) >= 11 is 15.3. The Morgan fingerprint density at radius 1 is 1.13 bits per heavy atom. The van der Waals surface area contributed by atoms with Crippen LogP contribution < -0.4 is 10.1 Å². The maximum atomic E-state index is 13.0. The van der Waals surface area contributed by atoms with Crippen molar-refractivity contribution in [1.29, 1.82) is 0 Å². The number of carbonyl (C=O) groups is 2. The molecule has 0 aromatic heterocycles. The van der Waals surface area contributed by atoms with Gasteiger partial charge in [0.1, 0.15) is 11.8 Å². The fourth-order valence-electron chi connectivity index (χ4n) is 2.72. The van der Waals surface area contributed by atoms with Gasteiger partial charge >= 0.3 is 0 Å². The highest BCUT2D eigenvalue weighted by atomic mass is 79.9. The van der Waals surface area contributed by atoms with Crippen molar-refractivity contribution in [2.45, 2.75) is 39.3 Å². The van der Waals surface area contributed by atoms with Crippen molar-refractivity contribution in [3.8, 4) is 5.75 Å². The molecule has 8 heteroatoms. The lowest BCUT2D eigenvalue weighted by atomic mass is 10.1. The van der Waals surface area contributed by atoms with E-state index in [-0.39, 0.29) is 25.0 Å². The van der Waals surface area contributed by atoms with E-state index in [4.69, 9.17) is 27.9 Å². The molecule has 0 spiro atoms. The molecule has 0 radical (unpaired) electrons. The number of hydrogen-bond donors (Lipinski definition) is 1. The second kappa shape index (κ2) is 12.2. The summed E-state index contributed by atoms with van der Waals surface area (Å²) in [6, 6.07) is 11.6. The zero-order valence-corrected chi connectivity index (χ0v) is 20.1. The predicted octanol–water partition coefficient (Wildman–Crippen LogP) is 5.47. The quantitative estimate of drug-likeness (QED) is 0.427. The maximum Gasteiger partial charge on any atom is 0.261 e. The van der Waals surface area contributed by atoms with E-state index in [1.165, 1.54) is 4.90 Å².